The average molecular weight is 594 g/mol. The Morgan fingerprint density at radius 2 is 1.76 bits per heavy atom. The Kier molecular flexibility index (Phi) is 7.56. The normalized spacial score (nSPS) is 17.9. The molecule has 4 rings (SSSR count). The molecule has 220 valence electrons. The van der Waals surface area contributed by atoms with E-state index in [-0.39, 0.29) is 28.2 Å². The summed E-state index contributed by atoms with van der Waals surface area (Å²) >= 11 is 0. The van der Waals surface area contributed by atoms with Gasteiger partial charge in [0.1, 0.15) is 11.3 Å². The maximum atomic E-state index is 14.4. The summed E-state index contributed by atoms with van der Waals surface area (Å²) in [6.45, 7) is 0.513. The molecule has 3 heterocycles. The fourth-order valence-electron chi connectivity index (χ4n) is 4.29. The predicted octanol–water partition coefficient (Wildman–Crippen LogP) is 5.89. The van der Waals surface area contributed by atoms with Gasteiger partial charge in [-0.1, -0.05) is 16.8 Å². The fraction of sp³-hybridized carbons (Fsp3) is 0.360. The van der Waals surface area contributed by atoms with Crippen LogP contribution in [0.25, 0.3) is 5.65 Å². The van der Waals surface area contributed by atoms with E-state index in [1.807, 2.05) is 0 Å². The van der Waals surface area contributed by atoms with E-state index in [0.717, 1.165) is 16.5 Å². The second-order valence-electron chi connectivity index (χ2n) is 9.31. The molecule has 7 nitrogen and oxygen atoms in total. The number of aryl methyl sites for hydroxylation is 1. The molecule has 1 aliphatic rings. The van der Waals surface area contributed by atoms with Crippen molar-refractivity contribution in [3.8, 4) is 0 Å². The zero-order chi connectivity index (χ0) is 30.4. The van der Waals surface area contributed by atoms with Crippen molar-refractivity contribution < 1.29 is 53.9 Å². The monoisotopic (exact) mass is 594 g/mol. The Morgan fingerprint density at radius 3 is 2.39 bits per heavy atom. The number of hydrogen-bond donors (Lipinski definition) is 1. The minimum absolute atomic E-state index is 0.0253. The van der Waals surface area contributed by atoms with Crippen molar-refractivity contribution in [3.05, 3.63) is 70.7 Å². The molecule has 0 fully saturated rings. The van der Waals surface area contributed by atoms with Crippen LogP contribution in [0, 0.1) is 6.92 Å². The molecule has 0 bridgehead atoms. The van der Waals surface area contributed by atoms with Crippen LogP contribution in [0.2, 0.25) is 0 Å². The number of alkyl halides is 9. The molecule has 0 radical (unpaired) electrons. The number of carbonyl (C=O) groups excluding carboxylic acids is 2. The summed E-state index contributed by atoms with van der Waals surface area (Å²) in [7, 11) is 0. The van der Waals surface area contributed by atoms with Gasteiger partial charge in [0.15, 0.2) is 5.78 Å². The van der Waals surface area contributed by atoms with Crippen molar-refractivity contribution >= 4 is 23.0 Å². The SMILES string of the molecule is Cc1cc(C(F)(F)F)cc(C2(C(F)(F)F)CC(c3ccc(C(=O)NCC(=O)CCC(F)(F)F)n4ccnc34)=NO2)c1. The number of aromatic nitrogens is 2. The minimum Gasteiger partial charge on any atom is -0.374 e. The van der Waals surface area contributed by atoms with Crippen LogP contribution in [0.5, 0.6) is 0 Å². The van der Waals surface area contributed by atoms with Gasteiger partial charge < -0.3 is 10.2 Å². The predicted molar refractivity (Wildman–Crippen MR) is 124 cm³/mol. The molecule has 1 aromatic carbocycles. The number of ketones is 1. The molecule has 1 aliphatic heterocycles. The Morgan fingerprint density at radius 1 is 1.05 bits per heavy atom. The average Bonchev–Trinajstić information content (AvgIpc) is 3.52. The van der Waals surface area contributed by atoms with Gasteiger partial charge in [-0.25, -0.2) is 4.98 Å². The van der Waals surface area contributed by atoms with Crippen LogP contribution in [0.15, 0.2) is 47.9 Å². The number of nitrogens with zero attached hydrogens (tertiary/aromatic N) is 3. The lowest BCUT2D eigenvalue weighted by Gasteiger charge is -2.30. The lowest BCUT2D eigenvalue weighted by molar-refractivity contribution is -0.276. The van der Waals surface area contributed by atoms with Gasteiger partial charge in [-0.2, -0.15) is 39.5 Å². The molecule has 2 aromatic heterocycles. The molecule has 0 saturated heterocycles. The highest BCUT2D eigenvalue weighted by Crippen LogP contribution is 2.50. The number of oxime groups is 1. The summed E-state index contributed by atoms with van der Waals surface area (Å²) in [5.41, 5.74) is -5.99. The first-order valence-electron chi connectivity index (χ1n) is 11.8. The number of benzene rings is 1. The number of rotatable bonds is 7. The van der Waals surface area contributed by atoms with Crippen molar-refractivity contribution in [2.24, 2.45) is 5.16 Å². The highest BCUT2D eigenvalue weighted by Gasteiger charge is 2.62. The van der Waals surface area contributed by atoms with Crippen LogP contribution in [0.4, 0.5) is 39.5 Å². The van der Waals surface area contributed by atoms with Gasteiger partial charge in [-0.15, -0.1) is 0 Å². The van der Waals surface area contributed by atoms with Gasteiger partial charge in [0.25, 0.3) is 11.5 Å². The molecule has 0 spiro atoms. The largest absolute Gasteiger partial charge is 0.435 e. The molecular formula is C25H19F9N4O3. The van der Waals surface area contributed by atoms with Crippen molar-refractivity contribution in [1.29, 1.82) is 0 Å². The Bertz CT molecular complexity index is 1520. The van der Waals surface area contributed by atoms with E-state index in [0.29, 0.717) is 12.1 Å². The molecule has 1 N–H and O–H groups in total. The maximum absolute atomic E-state index is 14.4. The highest BCUT2D eigenvalue weighted by molar-refractivity contribution is 6.07. The van der Waals surface area contributed by atoms with Crippen molar-refractivity contribution in [2.45, 2.75) is 50.3 Å². The zero-order valence-corrected chi connectivity index (χ0v) is 20.8. The maximum Gasteiger partial charge on any atom is 0.435 e. The van der Waals surface area contributed by atoms with Crippen LogP contribution in [-0.2, 0) is 21.4 Å². The van der Waals surface area contributed by atoms with E-state index < -0.39 is 72.8 Å². The lowest BCUT2D eigenvalue weighted by Crippen LogP contribution is -2.43. The molecule has 1 amide bonds. The third-order valence-electron chi connectivity index (χ3n) is 6.28. The smallest absolute Gasteiger partial charge is 0.374 e. The van der Waals surface area contributed by atoms with E-state index in [1.165, 1.54) is 25.4 Å². The van der Waals surface area contributed by atoms with Gasteiger partial charge in [-0.05, 0) is 31.2 Å². The lowest BCUT2D eigenvalue weighted by atomic mass is 9.85. The van der Waals surface area contributed by atoms with Gasteiger partial charge in [0.2, 0.25) is 0 Å². The second-order valence-corrected chi connectivity index (χ2v) is 9.31. The number of pyridine rings is 1. The Labute approximate surface area is 225 Å². The second kappa shape index (κ2) is 10.4. The number of hydrogen-bond acceptors (Lipinski definition) is 5. The summed E-state index contributed by atoms with van der Waals surface area (Å²) < 4.78 is 121. The van der Waals surface area contributed by atoms with E-state index in [1.54, 1.807) is 0 Å². The Balaban J connectivity index is 1.62. The summed E-state index contributed by atoms with van der Waals surface area (Å²) in [6.07, 6.45) is -15.4. The third-order valence-corrected chi connectivity index (χ3v) is 6.28. The van der Waals surface area contributed by atoms with Crippen LogP contribution >= 0.6 is 0 Å². The number of nitrogens with one attached hydrogen (secondary N) is 1. The van der Waals surface area contributed by atoms with Crippen LogP contribution in [0.3, 0.4) is 0 Å². The molecule has 1 unspecified atom stereocenters. The zero-order valence-electron chi connectivity index (χ0n) is 20.8. The highest BCUT2D eigenvalue weighted by atomic mass is 19.4. The Hall–Kier alpha value is -4.11. The molecule has 1 atom stereocenters. The number of fused-ring (bicyclic) bond motifs is 1. The van der Waals surface area contributed by atoms with E-state index in [9.17, 15) is 49.1 Å². The quantitative estimate of drug-likeness (QED) is 0.346. The first kappa shape index (κ1) is 29.9. The van der Waals surface area contributed by atoms with Gasteiger partial charge in [0.05, 0.1) is 30.7 Å². The summed E-state index contributed by atoms with van der Waals surface area (Å²) in [5, 5.41) is 5.74. The van der Waals surface area contributed by atoms with Crippen LogP contribution in [-0.4, -0.2) is 45.7 Å². The number of imidazole rings is 1. The molecule has 41 heavy (non-hydrogen) atoms. The number of halogens is 9. The topological polar surface area (TPSA) is 85.1 Å². The number of amides is 1. The first-order valence-corrected chi connectivity index (χ1v) is 11.8. The molecular weight excluding hydrogens is 575 g/mol. The molecule has 0 aliphatic carbocycles. The summed E-state index contributed by atoms with van der Waals surface area (Å²) in [5.74, 6) is -1.76. The molecule has 3 aromatic rings. The molecule has 0 saturated carbocycles. The first-order chi connectivity index (χ1) is 18.9. The number of Topliss-reactive ketones (excluding diaryl/α,β-unsaturated/α-hetero) is 1. The van der Waals surface area contributed by atoms with Gasteiger partial charge in [-0.3, -0.25) is 14.0 Å². The van der Waals surface area contributed by atoms with Crippen LogP contribution < -0.4 is 5.32 Å². The summed E-state index contributed by atoms with van der Waals surface area (Å²) in [4.78, 5) is 33.2. The number of carbonyl (C=O) groups is 2. The van der Waals surface area contributed by atoms with Gasteiger partial charge >= 0.3 is 18.5 Å². The van der Waals surface area contributed by atoms with Crippen molar-refractivity contribution in [3.63, 3.8) is 0 Å². The minimum atomic E-state index is -5.20. The van der Waals surface area contributed by atoms with Gasteiger partial charge in [0, 0.05) is 29.9 Å². The summed E-state index contributed by atoms with van der Waals surface area (Å²) in [6, 6.07) is 4.33. The van der Waals surface area contributed by atoms with E-state index >= 15 is 0 Å². The van der Waals surface area contributed by atoms with Crippen LogP contribution in [0.1, 0.15) is 52.0 Å². The fourth-order valence-corrected chi connectivity index (χ4v) is 4.29. The molecule has 16 heteroatoms. The van der Waals surface area contributed by atoms with E-state index in [4.69, 9.17) is 4.84 Å². The standard InChI is InChI=1S/C25H19F9N4O3/c1-13-8-14(10-15(9-13)24(29,30)31)22(25(32,33)34)11-18(37-41-22)17-2-3-19(38-7-6-35-20(17)38)21(40)36-12-16(39)4-5-23(26,27)28/h2-3,6-10H,4-5,11-12H2,1H3,(H,36,40). The van der Waals surface area contributed by atoms with Crippen molar-refractivity contribution in [1.82, 2.24) is 14.7 Å². The third kappa shape index (κ3) is 6.15. The van der Waals surface area contributed by atoms with Crippen molar-refractivity contribution in [2.75, 3.05) is 6.54 Å². The van der Waals surface area contributed by atoms with E-state index in [2.05, 4.69) is 15.5 Å².